The standard InChI is InChI=1S/C12H15NO5/c1-8-9(13(15)16)6-5-7-10(8)18-12(2,3)11(14)17-4/h5-7H,1-4H3. The van der Waals surface area contributed by atoms with E-state index in [-0.39, 0.29) is 5.69 Å². The van der Waals surface area contributed by atoms with E-state index in [9.17, 15) is 14.9 Å². The third kappa shape index (κ3) is 2.77. The second kappa shape index (κ2) is 5.03. The average molecular weight is 253 g/mol. The smallest absolute Gasteiger partial charge is 0.349 e. The van der Waals surface area contributed by atoms with Crippen LogP contribution < -0.4 is 4.74 Å². The van der Waals surface area contributed by atoms with Gasteiger partial charge in [-0.15, -0.1) is 0 Å². The van der Waals surface area contributed by atoms with Crippen LogP contribution in [-0.2, 0) is 9.53 Å². The normalized spacial score (nSPS) is 10.9. The van der Waals surface area contributed by atoms with Crippen molar-refractivity contribution in [3.8, 4) is 5.75 Å². The lowest BCUT2D eigenvalue weighted by atomic mass is 10.1. The molecule has 18 heavy (non-hydrogen) atoms. The van der Waals surface area contributed by atoms with Crippen LogP contribution in [0.2, 0.25) is 0 Å². The molecule has 1 aromatic carbocycles. The van der Waals surface area contributed by atoms with Crippen molar-refractivity contribution in [1.29, 1.82) is 0 Å². The van der Waals surface area contributed by atoms with Crippen LogP contribution in [0.1, 0.15) is 19.4 Å². The number of carbonyl (C=O) groups is 1. The minimum Gasteiger partial charge on any atom is -0.476 e. The van der Waals surface area contributed by atoms with Crippen LogP contribution in [0.3, 0.4) is 0 Å². The molecule has 0 heterocycles. The highest BCUT2D eigenvalue weighted by Gasteiger charge is 2.32. The van der Waals surface area contributed by atoms with Crippen molar-refractivity contribution < 1.29 is 19.2 Å². The summed E-state index contributed by atoms with van der Waals surface area (Å²) < 4.78 is 10.1. The first-order chi connectivity index (χ1) is 8.29. The maximum Gasteiger partial charge on any atom is 0.349 e. The molecule has 0 spiro atoms. The number of hydrogen-bond donors (Lipinski definition) is 0. The molecular formula is C12H15NO5. The summed E-state index contributed by atoms with van der Waals surface area (Å²) in [6.07, 6.45) is 0. The molecule has 1 rings (SSSR count). The molecule has 0 atom stereocenters. The minimum atomic E-state index is -1.20. The fraction of sp³-hybridized carbons (Fsp3) is 0.417. The van der Waals surface area contributed by atoms with Crippen molar-refractivity contribution in [2.45, 2.75) is 26.4 Å². The molecule has 1 aromatic rings. The highest BCUT2D eigenvalue weighted by atomic mass is 16.6. The van der Waals surface area contributed by atoms with Crippen molar-refractivity contribution in [2.24, 2.45) is 0 Å². The van der Waals surface area contributed by atoms with Gasteiger partial charge in [0.05, 0.1) is 17.6 Å². The topological polar surface area (TPSA) is 78.7 Å². The summed E-state index contributed by atoms with van der Waals surface area (Å²) in [4.78, 5) is 21.8. The fourth-order valence-electron chi connectivity index (χ4n) is 1.47. The Balaban J connectivity index is 3.09. The zero-order chi connectivity index (χ0) is 13.9. The van der Waals surface area contributed by atoms with E-state index in [0.717, 1.165) is 0 Å². The number of hydrogen-bond acceptors (Lipinski definition) is 5. The number of methoxy groups -OCH3 is 1. The summed E-state index contributed by atoms with van der Waals surface area (Å²) in [6, 6.07) is 4.47. The Labute approximate surface area is 105 Å². The predicted molar refractivity (Wildman–Crippen MR) is 64.6 cm³/mol. The molecule has 0 aliphatic carbocycles. The van der Waals surface area contributed by atoms with E-state index in [1.807, 2.05) is 0 Å². The van der Waals surface area contributed by atoms with E-state index in [0.29, 0.717) is 11.3 Å². The number of benzene rings is 1. The maximum absolute atomic E-state index is 11.5. The van der Waals surface area contributed by atoms with Gasteiger partial charge >= 0.3 is 5.97 Å². The molecule has 0 fully saturated rings. The van der Waals surface area contributed by atoms with E-state index in [1.54, 1.807) is 13.0 Å². The Morgan fingerprint density at radius 3 is 2.50 bits per heavy atom. The second-order valence-corrected chi connectivity index (χ2v) is 4.26. The number of ether oxygens (including phenoxy) is 2. The Kier molecular flexibility index (Phi) is 3.90. The molecule has 0 unspecified atom stereocenters. The lowest BCUT2D eigenvalue weighted by Crippen LogP contribution is -2.39. The monoisotopic (exact) mass is 253 g/mol. The van der Waals surface area contributed by atoms with Gasteiger partial charge in [-0.05, 0) is 26.8 Å². The lowest BCUT2D eigenvalue weighted by molar-refractivity contribution is -0.385. The molecule has 6 heteroatoms. The number of esters is 1. The highest BCUT2D eigenvalue weighted by Crippen LogP contribution is 2.30. The maximum atomic E-state index is 11.5. The van der Waals surface area contributed by atoms with Gasteiger partial charge in [-0.25, -0.2) is 4.79 Å². The molecule has 98 valence electrons. The number of nitrogens with zero attached hydrogens (tertiary/aromatic N) is 1. The van der Waals surface area contributed by atoms with Gasteiger partial charge in [-0.1, -0.05) is 6.07 Å². The van der Waals surface area contributed by atoms with Crippen LogP contribution in [0.25, 0.3) is 0 Å². The largest absolute Gasteiger partial charge is 0.476 e. The molecule has 0 amide bonds. The second-order valence-electron chi connectivity index (χ2n) is 4.26. The quantitative estimate of drug-likeness (QED) is 0.467. The molecule has 0 N–H and O–H groups in total. The van der Waals surface area contributed by atoms with E-state index in [2.05, 4.69) is 4.74 Å². The molecular weight excluding hydrogens is 238 g/mol. The Bertz CT molecular complexity index is 481. The molecule has 0 bridgehead atoms. The van der Waals surface area contributed by atoms with Crippen LogP contribution in [0.15, 0.2) is 18.2 Å². The molecule has 0 saturated heterocycles. The highest BCUT2D eigenvalue weighted by molar-refractivity contribution is 5.79. The van der Waals surface area contributed by atoms with Gasteiger partial charge in [0, 0.05) is 6.07 Å². The molecule has 0 aliphatic rings. The summed E-state index contributed by atoms with van der Waals surface area (Å²) in [5.74, 6) is -0.256. The van der Waals surface area contributed by atoms with Crippen molar-refractivity contribution in [1.82, 2.24) is 0 Å². The van der Waals surface area contributed by atoms with Crippen LogP contribution in [0.4, 0.5) is 5.69 Å². The van der Waals surface area contributed by atoms with Gasteiger partial charge in [-0.3, -0.25) is 10.1 Å². The van der Waals surface area contributed by atoms with Crippen LogP contribution in [0.5, 0.6) is 5.75 Å². The number of rotatable bonds is 4. The van der Waals surface area contributed by atoms with Crippen molar-refractivity contribution in [3.63, 3.8) is 0 Å². The van der Waals surface area contributed by atoms with Gasteiger partial charge in [0.2, 0.25) is 0 Å². The predicted octanol–water partition coefficient (Wildman–Crippen LogP) is 2.23. The third-order valence-corrected chi connectivity index (χ3v) is 2.49. The Morgan fingerprint density at radius 2 is 2.00 bits per heavy atom. The fourth-order valence-corrected chi connectivity index (χ4v) is 1.47. The zero-order valence-electron chi connectivity index (χ0n) is 10.7. The Morgan fingerprint density at radius 1 is 1.39 bits per heavy atom. The first-order valence-corrected chi connectivity index (χ1v) is 5.31. The summed E-state index contributed by atoms with van der Waals surface area (Å²) in [6.45, 7) is 4.65. The first-order valence-electron chi connectivity index (χ1n) is 5.31. The summed E-state index contributed by atoms with van der Waals surface area (Å²) in [5.41, 5.74) is -0.873. The zero-order valence-corrected chi connectivity index (χ0v) is 10.7. The molecule has 0 radical (unpaired) electrons. The Hall–Kier alpha value is -2.11. The molecule has 6 nitrogen and oxygen atoms in total. The van der Waals surface area contributed by atoms with E-state index < -0.39 is 16.5 Å². The van der Waals surface area contributed by atoms with E-state index in [4.69, 9.17) is 4.74 Å². The van der Waals surface area contributed by atoms with Crippen LogP contribution in [-0.4, -0.2) is 23.6 Å². The van der Waals surface area contributed by atoms with Crippen molar-refractivity contribution in [3.05, 3.63) is 33.9 Å². The van der Waals surface area contributed by atoms with Gasteiger partial charge in [0.1, 0.15) is 5.75 Å². The molecule has 0 aliphatic heterocycles. The number of nitro groups is 1. The third-order valence-electron chi connectivity index (χ3n) is 2.49. The minimum absolute atomic E-state index is 0.0480. The van der Waals surface area contributed by atoms with Crippen LogP contribution in [0, 0.1) is 17.0 Å². The molecule has 0 saturated carbocycles. The van der Waals surface area contributed by atoms with Crippen molar-refractivity contribution >= 4 is 11.7 Å². The summed E-state index contributed by atoms with van der Waals surface area (Å²) >= 11 is 0. The van der Waals surface area contributed by atoms with Crippen LogP contribution >= 0.6 is 0 Å². The van der Waals surface area contributed by atoms with E-state index in [1.165, 1.54) is 33.1 Å². The summed E-state index contributed by atoms with van der Waals surface area (Å²) in [7, 11) is 1.26. The lowest BCUT2D eigenvalue weighted by Gasteiger charge is -2.24. The van der Waals surface area contributed by atoms with Crippen molar-refractivity contribution in [2.75, 3.05) is 7.11 Å². The average Bonchev–Trinajstić information content (AvgIpc) is 2.30. The molecule has 0 aromatic heterocycles. The number of carbonyl (C=O) groups excluding carboxylic acids is 1. The number of nitro benzene ring substituents is 1. The van der Waals surface area contributed by atoms with Gasteiger partial charge in [0.25, 0.3) is 5.69 Å². The van der Waals surface area contributed by atoms with Gasteiger partial charge < -0.3 is 9.47 Å². The van der Waals surface area contributed by atoms with Gasteiger partial charge in [0.15, 0.2) is 5.60 Å². The SMILES string of the molecule is COC(=O)C(C)(C)Oc1cccc([N+](=O)[O-])c1C. The summed E-state index contributed by atoms with van der Waals surface area (Å²) in [5, 5.41) is 10.8. The first kappa shape index (κ1) is 14.0. The van der Waals surface area contributed by atoms with Gasteiger partial charge in [-0.2, -0.15) is 0 Å². The van der Waals surface area contributed by atoms with E-state index >= 15 is 0 Å².